The third-order valence-electron chi connectivity index (χ3n) is 0.303. The zero-order valence-corrected chi connectivity index (χ0v) is 6.46. The van der Waals surface area contributed by atoms with E-state index in [1.165, 1.54) is 7.11 Å². The molecule has 0 amide bonds. The molecule has 0 saturated heterocycles. The first-order valence-electron chi connectivity index (χ1n) is 1.85. The summed E-state index contributed by atoms with van der Waals surface area (Å²) >= 11 is 8.22. The van der Waals surface area contributed by atoms with Gasteiger partial charge in [0.25, 0.3) is 5.17 Å². The van der Waals surface area contributed by atoms with Gasteiger partial charge >= 0.3 is 0 Å². The van der Waals surface area contributed by atoms with Crippen molar-refractivity contribution < 1.29 is 9.84 Å². The lowest BCUT2D eigenvalue weighted by Gasteiger charge is -1.94. The fraction of sp³-hybridized carbons (Fsp3) is 0.333. The SMILES string of the molecule is COC(=S)NN.OC=S. The molecule has 54 valence electrons. The van der Waals surface area contributed by atoms with Crippen LogP contribution in [0.5, 0.6) is 0 Å². The van der Waals surface area contributed by atoms with Crippen LogP contribution in [-0.2, 0) is 4.74 Å². The summed E-state index contributed by atoms with van der Waals surface area (Å²) in [5.74, 6) is 4.77. The molecule has 0 aliphatic rings. The van der Waals surface area contributed by atoms with E-state index in [4.69, 9.17) is 10.9 Å². The van der Waals surface area contributed by atoms with E-state index < -0.39 is 0 Å². The summed E-state index contributed by atoms with van der Waals surface area (Å²) in [6.07, 6.45) is 0. The number of ether oxygens (including phenoxy) is 1. The second kappa shape index (κ2) is 10.5. The van der Waals surface area contributed by atoms with E-state index in [0.717, 1.165) is 0 Å². The van der Waals surface area contributed by atoms with Crippen molar-refractivity contribution >= 4 is 35.2 Å². The Hall–Kier alpha value is -0.460. The molecule has 0 bridgehead atoms. The normalized spacial score (nSPS) is 6.00. The van der Waals surface area contributed by atoms with E-state index in [-0.39, 0.29) is 5.17 Å². The average Bonchev–Trinajstić information content (AvgIpc) is 1.88. The number of hydrogen-bond acceptors (Lipinski definition) is 4. The van der Waals surface area contributed by atoms with Gasteiger partial charge in [0.15, 0.2) is 0 Å². The zero-order valence-electron chi connectivity index (χ0n) is 4.83. The fourth-order valence-electron chi connectivity index (χ4n) is 0.0589. The largest absolute Gasteiger partial charge is 0.504 e. The first kappa shape index (κ1) is 11.4. The number of hydrogen-bond donors (Lipinski definition) is 3. The topological polar surface area (TPSA) is 67.5 Å². The number of aliphatic hydroxyl groups is 1. The molecule has 0 aromatic heterocycles. The molecular formula is C3H8N2O2S2. The number of aliphatic hydroxyl groups excluding tert-OH is 1. The lowest BCUT2D eigenvalue weighted by molar-refractivity contribution is 0.394. The van der Waals surface area contributed by atoms with Crippen molar-refractivity contribution in [3.63, 3.8) is 0 Å². The summed E-state index contributed by atoms with van der Waals surface area (Å²) in [6, 6.07) is 0. The van der Waals surface area contributed by atoms with Gasteiger partial charge < -0.3 is 9.84 Å². The van der Waals surface area contributed by atoms with Gasteiger partial charge in [0.1, 0.15) is 5.55 Å². The van der Waals surface area contributed by atoms with Gasteiger partial charge in [-0.25, -0.2) is 5.84 Å². The number of methoxy groups -OCH3 is 1. The number of rotatable bonds is 0. The lowest BCUT2D eigenvalue weighted by atomic mass is 11.3. The molecule has 0 aromatic carbocycles. The van der Waals surface area contributed by atoms with Crippen molar-refractivity contribution in [2.24, 2.45) is 5.84 Å². The third kappa shape index (κ3) is 18.5. The van der Waals surface area contributed by atoms with Crippen LogP contribution in [0.25, 0.3) is 0 Å². The van der Waals surface area contributed by atoms with Crippen molar-refractivity contribution in [2.75, 3.05) is 7.11 Å². The van der Waals surface area contributed by atoms with E-state index in [2.05, 4.69) is 34.6 Å². The third-order valence-corrected chi connectivity index (χ3v) is 0.588. The van der Waals surface area contributed by atoms with Crippen LogP contribution < -0.4 is 11.3 Å². The quantitative estimate of drug-likeness (QED) is 0.266. The van der Waals surface area contributed by atoms with Gasteiger partial charge in [-0.05, 0) is 24.4 Å². The Morgan fingerprint density at radius 1 is 1.89 bits per heavy atom. The molecule has 0 unspecified atom stereocenters. The standard InChI is InChI=1S/C2H6N2OS.CH2OS/c1-5-2(6)4-3;2-1-3/h3H2,1H3,(H,4,6);1H,(H,2,3). The van der Waals surface area contributed by atoms with Crippen molar-refractivity contribution in [1.82, 2.24) is 5.43 Å². The van der Waals surface area contributed by atoms with Gasteiger partial charge in [0.2, 0.25) is 0 Å². The second-order valence-corrected chi connectivity index (χ2v) is 1.32. The predicted octanol–water partition coefficient (Wildman–Crippen LogP) is -0.117. The van der Waals surface area contributed by atoms with Crippen LogP contribution >= 0.6 is 24.4 Å². The van der Waals surface area contributed by atoms with Crippen LogP contribution in [-0.4, -0.2) is 22.9 Å². The fourth-order valence-corrected chi connectivity index (χ4v) is 0.0589. The zero-order chi connectivity index (χ0) is 7.70. The van der Waals surface area contributed by atoms with Crippen LogP contribution in [0.1, 0.15) is 0 Å². The van der Waals surface area contributed by atoms with Crippen LogP contribution in [0.2, 0.25) is 0 Å². The van der Waals surface area contributed by atoms with Crippen molar-refractivity contribution in [3.05, 3.63) is 0 Å². The van der Waals surface area contributed by atoms with Crippen molar-refractivity contribution in [3.8, 4) is 0 Å². The Morgan fingerprint density at radius 2 is 2.22 bits per heavy atom. The Bertz CT molecular complexity index is 81.9. The molecule has 0 atom stereocenters. The summed E-state index contributed by atoms with van der Waals surface area (Å²) in [7, 11) is 1.45. The van der Waals surface area contributed by atoms with E-state index >= 15 is 0 Å². The molecule has 0 spiro atoms. The van der Waals surface area contributed by atoms with E-state index in [0.29, 0.717) is 5.55 Å². The summed E-state index contributed by atoms with van der Waals surface area (Å²) < 4.78 is 4.39. The Balaban J connectivity index is 0. The van der Waals surface area contributed by atoms with Gasteiger partial charge in [-0.15, -0.1) is 0 Å². The predicted molar refractivity (Wildman–Crippen MR) is 43.2 cm³/mol. The Kier molecular flexibility index (Phi) is 13.3. The van der Waals surface area contributed by atoms with Crippen LogP contribution in [0.15, 0.2) is 0 Å². The maximum absolute atomic E-state index is 7.26. The molecule has 0 rings (SSSR count). The highest BCUT2D eigenvalue weighted by atomic mass is 32.1. The molecule has 0 radical (unpaired) electrons. The number of nitrogens with one attached hydrogen (secondary N) is 1. The summed E-state index contributed by atoms with van der Waals surface area (Å²) in [4.78, 5) is 0. The molecule has 0 saturated carbocycles. The molecule has 9 heavy (non-hydrogen) atoms. The highest BCUT2D eigenvalue weighted by Crippen LogP contribution is 1.62. The molecule has 4 nitrogen and oxygen atoms in total. The Morgan fingerprint density at radius 3 is 2.22 bits per heavy atom. The average molecular weight is 168 g/mol. The molecular weight excluding hydrogens is 160 g/mol. The monoisotopic (exact) mass is 168 g/mol. The lowest BCUT2D eigenvalue weighted by Crippen LogP contribution is -2.29. The van der Waals surface area contributed by atoms with Gasteiger partial charge in [0, 0.05) is 0 Å². The Labute approximate surface area is 64.0 Å². The van der Waals surface area contributed by atoms with Gasteiger partial charge in [-0.3, -0.25) is 5.43 Å². The first-order chi connectivity index (χ1) is 4.22. The highest BCUT2D eigenvalue weighted by Gasteiger charge is 1.78. The minimum absolute atomic E-state index is 0.204. The van der Waals surface area contributed by atoms with Crippen molar-refractivity contribution in [1.29, 1.82) is 0 Å². The smallest absolute Gasteiger partial charge is 0.270 e. The molecule has 0 aromatic rings. The number of thiocarbonyl (C=S) groups is 2. The molecule has 0 aliphatic heterocycles. The van der Waals surface area contributed by atoms with E-state index in [1.54, 1.807) is 0 Å². The second-order valence-electron chi connectivity index (χ2n) is 0.741. The van der Waals surface area contributed by atoms with E-state index in [1.807, 2.05) is 0 Å². The van der Waals surface area contributed by atoms with Crippen LogP contribution in [0.3, 0.4) is 0 Å². The summed E-state index contributed by atoms with van der Waals surface area (Å²) in [6.45, 7) is 0. The maximum atomic E-state index is 7.26. The van der Waals surface area contributed by atoms with Crippen molar-refractivity contribution in [2.45, 2.75) is 0 Å². The highest BCUT2D eigenvalue weighted by molar-refractivity contribution is 7.80. The summed E-state index contributed by atoms with van der Waals surface area (Å²) in [5, 5.41) is 7.46. The van der Waals surface area contributed by atoms with Gasteiger partial charge in [-0.1, -0.05) is 0 Å². The maximum Gasteiger partial charge on any atom is 0.270 e. The molecule has 6 heteroatoms. The molecule has 0 heterocycles. The molecule has 0 aliphatic carbocycles. The molecule has 4 N–H and O–H groups in total. The van der Waals surface area contributed by atoms with Gasteiger partial charge in [0.05, 0.1) is 7.11 Å². The van der Waals surface area contributed by atoms with Crippen LogP contribution in [0, 0.1) is 0 Å². The van der Waals surface area contributed by atoms with Gasteiger partial charge in [-0.2, -0.15) is 0 Å². The first-order valence-corrected chi connectivity index (χ1v) is 2.73. The molecule has 0 fully saturated rings. The minimum Gasteiger partial charge on any atom is -0.504 e. The number of nitrogens with two attached hydrogens (primary N) is 1. The minimum atomic E-state index is 0.204. The van der Waals surface area contributed by atoms with Crippen LogP contribution in [0.4, 0.5) is 0 Å². The van der Waals surface area contributed by atoms with E-state index in [9.17, 15) is 0 Å². The summed E-state index contributed by atoms with van der Waals surface area (Å²) in [5.41, 5.74) is 2.71. The number of hydrazine groups is 1.